The van der Waals surface area contributed by atoms with E-state index in [1.165, 1.54) is 0 Å². The molecule has 80 valence electrons. The summed E-state index contributed by atoms with van der Waals surface area (Å²) in [4.78, 5) is 5.56. The Balaban J connectivity index is 2.60. The van der Waals surface area contributed by atoms with Gasteiger partial charge in [0.25, 0.3) is 0 Å². The molecule has 1 fully saturated rings. The predicted octanol–water partition coefficient (Wildman–Crippen LogP) is -0.695. The fraction of sp³-hybridized carbons (Fsp3) is 0.750. The highest BCUT2D eigenvalue weighted by molar-refractivity contribution is 5.91. The highest BCUT2D eigenvalue weighted by Crippen LogP contribution is 2.12. The van der Waals surface area contributed by atoms with E-state index in [-0.39, 0.29) is 18.0 Å². The monoisotopic (exact) mass is 199 g/mol. The zero-order valence-corrected chi connectivity index (χ0v) is 8.36. The molecule has 0 aromatic rings. The van der Waals surface area contributed by atoms with Crippen LogP contribution in [-0.4, -0.2) is 42.6 Å². The van der Waals surface area contributed by atoms with E-state index in [0.29, 0.717) is 13.2 Å². The van der Waals surface area contributed by atoms with Crippen LogP contribution in [0.4, 0.5) is 0 Å². The molecule has 0 aromatic carbocycles. The first kappa shape index (κ1) is 10.8. The zero-order chi connectivity index (χ0) is 10.6. The van der Waals surface area contributed by atoms with E-state index in [4.69, 9.17) is 21.6 Å². The lowest BCUT2D eigenvalue weighted by Crippen LogP contribution is -2.40. The number of aliphatic imine (C=N–C) groups is 1. The number of nitrogens with two attached hydrogens (primary N) is 2. The van der Waals surface area contributed by atoms with Gasteiger partial charge in [0.2, 0.25) is 5.96 Å². The molecule has 0 aromatic heterocycles. The molecule has 5 N–H and O–H groups in total. The van der Waals surface area contributed by atoms with Gasteiger partial charge in [-0.1, -0.05) is 0 Å². The van der Waals surface area contributed by atoms with Crippen LogP contribution >= 0.6 is 0 Å². The standard InChI is InChI=1S/C8H17N5O/c1-2-13(6-3-4-14-5-6)8(11)12-7(9)10/h6H,2-5H2,1H3,(H5,9,10,11,12). The Morgan fingerprint density at radius 1 is 1.64 bits per heavy atom. The second kappa shape index (κ2) is 4.80. The number of likely N-dealkylation sites (N-methyl/N-ethyl adjacent to an activating group) is 1. The summed E-state index contributed by atoms with van der Waals surface area (Å²) in [5, 5.41) is 7.66. The number of hydrogen-bond acceptors (Lipinski definition) is 2. The quantitative estimate of drug-likeness (QED) is 0.404. The molecule has 0 amide bonds. The summed E-state index contributed by atoms with van der Waals surface area (Å²) in [6, 6.07) is 0.232. The van der Waals surface area contributed by atoms with Crippen LogP contribution in [0.25, 0.3) is 0 Å². The third-order valence-electron chi connectivity index (χ3n) is 2.19. The van der Waals surface area contributed by atoms with Crippen LogP contribution in [0.15, 0.2) is 4.99 Å². The van der Waals surface area contributed by atoms with Crippen molar-refractivity contribution in [2.75, 3.05) is 19.8 Å². The molecule has 1 aliphatic heterocycles. The molecule has 0 aliphatic carbocycles. The van der Waals surface area contributed by atoms with Gasteiger partial charge in [-0.15, -0.1) is 0 Å². The van der Waals surface area contributed by atoms with Crippen LogP contribution in [0.2, 0.25) is 0 Å². The smallest absolute Gasteiger partial charge is 0.221 e. The third-order valence-corrected chi connectivity index (χ3v) is 2.19. The van der Waals surface area contributed by atoms with Crippen molar-refractivity contribution in [3.8, 4) is 0 Å². The maximum atomic E-state index is 7.66. The second-order valence-electron chi connectivity index (χ2n) is 3.16. The first-order valence-corrected chi connectivity index (χ1v) is 4.67. The molecule has 1 aliphatic rings. The van der Waals surface area contributed by atoms with Crippen LogP contribution < -0.4 is 11.5 Å². The summed E-state index contributed by atoms with van der Waals surface area (Å²) in [6.07, 6.45) is 0.927. The minimum absolute atomic E-state index is 0.0765. The Bertz CT molecular complexity index is 230. The molecule has 0 bridgehead atoms. The molecule has 0 saturated carbocycles. The van der Waals surface area contributed by atoms with E-state index < -0.39 is 0 Å². The van der Waals surface area contributed by atoms with Crippen molar-refractivity contribution in [1.82, 2.24) is 4.90 Å². The van der Waals surface area contributed by atoms with Crippen LogP contribution in [0, 0.1) is 5.41 Å². The number of nitrogens with one attached hydrogen (secondary N) is 1. The summed E-state index contributed by atoms with van der Waals surface area (Å²) in [7, 11) is 0. The molecule has 6 nitrogen and oxygen atoms in total. The number of ether oxygens (including phenoxy) is 1. The predicted molar refractivity (Wildman–Crippen MR) is 55.1 cm³/mol. The second-order valence-corrected chi connectivity index (χ2v) is 3.16. The average Bonchev–Trinajstić information content (AvgIpc) is 2.57. The van der Waals surface area contributed by atoms with Gasteiger partial charge in [-0.05, 0) is 13.3 Å². The zero-order valence-electron chi connectivity index (χ0n) is 8.36. The molecular formula is C8H17N5O. The van der Waals surface area contributed by atoms with E-state index in [0.717, 1.165) is 13.0 Å². The van der Waals surface area contributed by atoms with E-state index in [2.05, 4.69) is 4.99 Å². The number of guanidine groups is 2. The fourth-order valence-corrected chi connectivity index (χ4v) is 1.54. The maximum Gasteiger partial charge on any atom is 0.221 e. The average molecular weight is 199 g/mol. The molecule has 0 radical (unpaired) electrons. The lowest BCUT2D eigenvalue weighted by Gasteiger charge is -2.26. The van der Waals surface area contributed by atoms with Gasteiger partial charge in [0.15, 0.2) is 5.96 Å². The SMILES string of the molecule is CCN(C(=N)N=C(N)N)C1CCOC1. The molecular weight excluding hydrogens is 182 g/mol. The van der Waals surface area contributed by atoms with Crippen molar-refractivity contribution in [2.45, 2.75) is 19.4 Å². The van der Waals surface area contributed by atoms with E-state index >= 15 is 0 Å². The van der Waals surface area contributed by atoms with Crippen molar-refractivity contribution in [1.29, 1.82) is 5.41 Å². The van der Waals surface area contributed by atoms with E-state index in [9.17, 15) is 0 Å². The molecule has 6 heteroatoms. The van der Waals surface area contributed by atoms with Gasteiger partial charge in [0.1, 0.15) is 0 Å². The Hall–Kier alpha value is -1.30. The number of hydrogen-bond donors (Lipinski definition) is 3. The fourth-order valence-electron chi connectivity index (χ4n) is 1.54. The summed E-state index contributed by atoms with van der Waals surface area (Å²) < 4.78 is 5.25. The first-order chi connectivity index (χ1) is 6.65. The van der Waals surface area contributed by atoms with Crippen molar-refractivity contribution >= 4 is 11.9 Å². The van der Waals surface area contributed by atoms with Gasteiger partial charge < -0.3 is 21.1 Å². The Morgan fingerprint density at radius 3 is 2.79 bits per heavy atom. The lowest BCUT2D eigenvalue weighted by molar-refractivity contribution is 0.174. The van der Waals surface area contributed by atoms with Crippen LogP contribution in [-0.2, 0) is 4.74 Å². The summed E-state index contributed by atoms with van der Waals surface area (Å²) >= 11 is 0. The minimum atomic E-state index is -0.0765. The van der Waals surface area contributed by atoms with Gasteiger partial charge in [-0.3, -0.25) is 5.41 Å². The van der Waals surface area contributed by atoms with Crippen LogP contribution in [0.3, 0.4) is 0 Å². The van der Waals surface area contributed by atoms with Crippen molar-refractivity contribution < 1.29 is 4.74 Å². The normalized spacial score (nSPS) is 20.5. The third kappa shape index (κ3) is 2.59. The Kier molecular flexibility index (Phi) is 3.70. The van der Waals surface area contributed by atoms with E-state index in [1.54, 1.807) is 0 Å². The molecule has 1 heterocycles. The van der Waals surface area contributed by atoms with Gasteiger partial charge in [0.05, 0.1) is 12.6 Å². The van der Waals surface area contributed by atoms with Crippen LogP contribution in [0.1, 0.15) is 13.3 Å². The largest absolute Gasteiger partial charge is 0.379 e. The van der Waals surface area contributed by atoms with Crippen molar-refractivity contribution in [3.05, 3.63) is 0 Å². The maximum absolute atomic E-state index is 7.66. The van der Waals surface area contributed by atoms with Gasteiger partial charge in [0, 0.05) is 13.2 Å². The van der Waals surface area contributed by atoms with Gasteiger partial charge in [-0.2, -0.15) is 4.99 Å². The summed E-state index contributed by atoms with van der Waals surface area (Å²) in [5.74, 6) is 0.0374. The Labute approximate surface area is 83.4 Å². The number of nitrogens with zero attached hydrogens (tertiary/aromatic N) is 2. The molecule has 1 unspecified atom stereocenters. The molecule has 0 spiro atoms. The lowest BCUT2D eigenvalue weighted by atomic mass is 10.2. The Morgan fingerprint density at radius 2 is 2.36 bits per heavy atom. The first-order valence-electron chi connectivity index (χ1n) is 4.67. The van der Waals surface area contributed by atoms with Gasteiger partial charge in [-0.25, -0.2) is 0 Å². The summed E-state index contributed by atoms with van der Waals surface area (Å²) in [5.41, 5.74) is 10.4. The van der Waals surface area contributed by atoms with Crippen LogP contribution in [0.5, 0.6) is 0 Å². The molecule has 1 saturated heterocycles. The summed E-state index contributed by atoms with van der Waals surface area (Å²) in [6.45, 7) is 4.07. The van der Waals surface area contributed by atoms with E-state index in [1.807, 2.05) is 11.8 Å². The highest BCUT2D eigenvalue weighted by atomic mass is 16.5. The van der Waals surface area contributed by atoms with Crippen molar-refractivity contribution in [2.24, 2.45) is 16.5 Å². The topological polar surface area (TPSA) is 101 Å². The van der Waals surface area contributed by atoms with Crippen molar-refractivity contribution in [3.63, 3.8) is 0 Å². The van der Waals surface area contributed by atoms with Gasteiger partial charge >= 0.3 is 0 Å². The molecule has 1 atom stereocenters. The molecule has 1 rings (SSSR count). The molecule has 14 heavy (non-hydrogen) atoms. The number of rotatable bonds is 2. The highest BCUT2D eigenvalue weighted by Gasteiger charge is 2.23. The minimum Gasteiger partial charge on any atom is -0.379 e.